The van der Waals surface area contributed by atoms with Gasteiger partial charge in [-0.1, -0.05) is 47.6 Å². The number of benzene rings is 3. The van der Waals surface area contributed by atoms with Crippen molar-refractivity contribution in [3.8, 4) is 22.9 Å². The summed E-state index contributed by atoms with van der Waals surface area (Å²) in [6.07, 6.45) is 0. The van der Waals surface area contributed by atoms with E-state index in [1.165, 1.54) is 0 Å². The lowest BCUT2D eigenvalue weighted by Crippen LogP contribution is -2.00. The highest BCUT2D eigenvalue weighted by Gasteiger charge is 2.16. The average Bonchev–Trinajstić information content (AvgIpc) is 3.21. The van der Waals surface area contributed by atoms with Crippen molar-refractivity contribution in [3.63, 3.8) is 0 Å². The molecule has 0 amide bonds. The van der Waals surface area contributed by atoms with Gasteiger partial charge in [0.15, 0.2) is 0 Å². The zero-order valence-corrected chi connectivity index (χ0v) is 16.9. The molecule has 1 heterocycles. The Morgan fingerprint density at radius 3 is 2.62 bits per heavy atom. The van der Waals surface area contributed by atoms with Crippen LogP contribution in [0.4, 0.5) is 0 Å². The predicted molar refractivity (Wildman–Crippen MR) is 112 cm³/mol. The van der Waals surface area contributed by atoms with E-state index < -0.39 is 10.8 Å². The van der Waals surface area contributed by atoms with E-state index in [1.807, 2.05) is 42.5 Å². The predicted octanol–water partition coefficient (Wildman–Crippen LogP) is 4.36. The van der Waals surface area contributed by atoms with Crippen molar-refractivity contribution < 1.29 is 18.2 Å². The number of methoxy groups -OCH3 is 2. The summed E-state index contributed by atoms with van der Waals surface area (Å²) in [6.45, 7) is 0. The van der Waals surface area contributed by atoms with E-state index in [-0.39, 0.29) is 5.75 Å². The minimum absolute atomic E-state index is 0.189. The van der Waals surface area contributed by atoms with Crippen molar-refractivity contribution in [2.24, 2.45) is 0 Å². The molecular weight excluding hydrogens is 388 g/mol. The third-order valence-electron chi connectivity index (χ3n) is 4.60. The largest absolute Gasteiger partial charge is 0.497 e. The molecule has 0 saturated carbocycles. The zero-order valence-electron chi connectivity index (χ0n) is 16.1. The Morgan fingerprint density at radius 2 is 1.79 bits per heavy atom. The van der Waals surface area contributed by atoms with Crippen LogP contribution in [0.5, 0.6) is 11.5 Å². The van der Waals surface area contributed by atoms with E-state index in [9.17, 15) is 4.21 Å². The van der Waals surface area contributed by atoms with Gasteiger partial charge in [-0.2, -0.15) is 4.98 Å². The molecule has 3 aromatic carbocycles. The van der Waals surface area contributed by atoms with Crippen molar-refractivity contribution in [3.05, 3.63) is 72.1 Å². The Kier molecular flexibility index (Phi) is 5.57. The second kappa shape index (κ2) is 8.45. The van der Waals surface area contributed by atoms with Gasteiger partial charge in [0.25, 0.3) is 0 Å². The van der Waals surface area contributed by atoms with E-state index >= 15 is 0 Å². The zero-order chi connectivity index (χ0) is 20.2. The van der Waals surface area contributed by atoms with Crippen LogP contribution in [0.1, 0.15) is 11.5 Å². The Labute approximate surface area is 170 Å². The fourth-order valence-electron chi connectivity index (χ4n) is 3.19. The number of hydrogen-bond acceptors (Lipinski definition) is 6. The fourth-order valence-corrected chi connectivity index (χ4v) is 4.28. The number of hydrogen-bond donors (Lipinski definition) is 0. The van der Waals surface area contributed by atoms with Crippen LogP contribution in [0.2, 0.25) is 0 Å². The average molecular weight is 408 g/mol. The summed E-state index contributed by atoms with van der Waals surface area (Å²) in [5.41, 5.74) is 1.72. The maximum absolute atomic E-state index is 12.7. The summed E-state index contributed by atoms with van der Waals surface area (Å²) in [5.74, 6) is 2.58. The van der Waals surface area contributed by atoms with Crippen LogP contribution in [0, 0.1) is 0 Å². The molecule has 1 atom stereocenters. The van der Waals surface area contributed by atoms with Crippen LogP contribution in [-0.4, -0.2) is 28.6 Å². The molecule has 0 aliphatic rings. The number of rotatable bonds is 7. The van der Waals surface area contributed by atoms with Crippen LogP contribution in [-0.2, 0) is 22.3 Å². The van der Waals surface area contributed by atoms with Gasteiger partial charge in [-0.15, -0.1) is 0 Å². The van der Waals surface area contributed by atoms with Crippen molar-refractivity contribution >= 4 is 21.6 Å². The third-order valence-corrected chi connectivity index (χ3v) is 5.80. The van der Waals surface area contributed by atoms with Crippen molar-refractivity contribution in [1.82, 2.24) is 10.1 Å². The van der Waals surface area contributed by atoms with Gasteiger partial charge in [0, 0.05) is 22.6 Å². The summed E-state index contributed by atoms with van der Waals surface area (Å²) in [7, 11) is 1.98. The van der Waals surface area contributed by atoms with E-state index in [2.05, 4.69) is 10.1 Å². The van der Waals surface area contributed by atoms with Crippen molar-refractivity contribution in [2.75, 3.05) is 14.2 Å². The lowest BCUT2D eigenvalue weighted by molar-refractivity contribution is 0.387. The van der Waals surface area contributed by atoms with Crippen molar-refractivity contribution in [1.29, 1.82) is 0 Å². The quantitative estimate of drug-likeness (QED) is 0.452. The Balaban J connectivity index is 1.51. The molecule has 1 aromatic heterocycles. The molecule has 0 aliphatic heterocycles. The van der Waals surface area contributed by atoms with Crippen molar-refractivity contribution in [2.45, 2.75) is 11.5 Å². The van der Waals surface area contributed by atoms with E-state index in [0.717, 1.165) is 16.3 Å². The van der Waals surface area contributed by atoms with Gasteiger partial charge >= 0.3 is 0 Å². The van der Waals surface area contributed by atoms with E-state index in [1.54, 1.807) is 32.4 Å². The Morgan fingerprint density at radius 1 is 0.966 bits per heavy atom. The molecule has 0 saturated heterocycles. The number of aromatic nitrogens is 2. The maximum Gasteiger partial charge on any atom is 0.239 e. The topological polar surface area (TPSA) is 74.5 Å². The SMILES string of the molecule is COc1ccc(-c2noc(C[S@](=O)Cc3cccc4ccccc34)n2)c(OC)c1. The highest BCUT2D eigenvalue weighted by molar-refractivity contribution is 7.83. The number of fused-ring (bicyclic) bond motifs is 1. The standard InChI is InChI=1S/C22H20N2O4S/c1-26-17-10-11-19(20(12-17)27-2)22-23-21(28-24-22)14-29(25)13-16-8-5-7-15-6-3-4-9-18(15)16/h3-12H,13-14H2,1-2H3/t29-/m1/s1. The lowest BCUT2D eigenvalue weighted by Gasteiger charge is -2.07. The summed E-state index contributed by atoms with van der Waals surface area (Å²) in [6, 6.07) is 19.5. The van der Waals surface area contributed by atoms with Crippen LogP contribution in [0.3, 0.4) is 0 Å². The fraction of sp³-hybridized carbons (Fsp3) is 0.182. The molecule has 0 N–H and O–H groups in total. The number of nitrogens with zero attached hydrogens (tertiary/aromatic N) is 2. The van der Waals surface area contributed by atoms with Gasteiger partial charge < -0.3 is 14.0 Å². The van der Waals surface area contributed by atoms with Gasteiger partial charge in [0.1, 0.15) is 17.3 Å². The van der Waals surface area contributed by atoms with Crippen LogP contribution in [0.15, 0.2) is 65.2 Å². The van der Waals surface area contributed by atoms with Crippen LogP contribution in [0.25, 0.3) is 22.2 Å². The minimum atomic E-state index is -1.18. The maximum atomic E-state index is 12.7. The molecule has 4 rings (SSSR count). The minimum Gasteiger partial charge on any atom is -0.497 e. The second-order valence-electron chi connectivity index (χ2n) is 6.44. The van der Waals surface area contributed by atoms with Gasteiger partial charge in [0.2, 0.25) is 11.7 Å². The normalized spacial score (nSPS) is 12.1. The molecular formula is C22H20N2O4S. The van der Waals surface area contributed by atoms with E-state index in [0.29, 0.717) is 34.5 Å². The molecule has 0 unspecified atom stereocenters. The molecule has 29 heavy (non-hydrogen) atoms. The van der Waals surface area contributed by atoms with Crippen LogP contribution < -0.4 is 9.47 Å². The first-order valence-corrected chi connectivity index (χ1v) is 10.5. The van der Waals surface area contributed by atoms with Gasteiger partial charge in [0.05, 0.1) is 19.8 Å². The first-order valence-electron chi connectivity index (χ1n) is 9.04. The first-order chi connectivity index (χ1) is 14.2. The molecule has 0 bridgehead atoms. The van der Waals surface area contributed by atoms with Gasteiger partial charge in [-0.25, -0.2) is 0 Å². The lowest BCUT2D eigenvalue weighted by atomic mass is 10.1. The van der Waals surface area contributed by atoms with E-state index in [4.69, 9.17) is 14.0 Å². The molecule has 7 heteroatoms. The molecule has 0 spiro atoms. The molecule has 6 nitrogen and oxygen atoms in total. The Bertz CT molecular complexity index is 1170. The molecule has 0 radical (unpaired) electrons. The monoisotopic (exact) mass is 408 g/mol. The highest BCUT2D eigenvalue weighted by Crippen LogP contribution is 2.31. The summed E-state index contributed by atoms with van der Waals surface area (Å²) >= 11 is 0. The summed E-state index contributed by atoms with van der Waals surface area (Å²) in [4.78, 5) is 4.40. The molecule has 148 valence electrons. The van der Waals surface area contributed by atoms with Crippen LogP contribution >= 0.6 is 0 Å². The van der Waals surface area contributed by atoms with Gasteiger partial charge in [-0.05, 0) is 28.5 Å². The summed E-state index contributed by atoms with van der Waals surface area (Å²) in [5, 5.41) is 6.26. The molecule has 4 aromatic rings. The third kappa shape index (κ3) is 4.14. The molecule has 0 aliphatic carbocycles. The smallest absolute Gasteiger partial charge is 0.239 e. The van der Waals surface area contributed by atoms with Gasteiger partial charge in [-0.3, -0.25) is 4.21 Å². The second-order valence-corrected chi connectivity index (χ2v) is 7.90. The highest BCUT2D eigenvalue weighted by atomic mass is 32.2. The Hall–Kier alpha value is -3.19. The molecule has 0 fully saturated rings. The number of ether oxygens (including phenoxy) is 2. The first kappa shape index (κ1) is 19.1. The summed E-state index contributed by atoms with van der Waals surface area (Å²) < 4.78 is 28.6.